The van der Waals surface area contributed by atoms with Crippen molar-refractivity contribution in [3.63, 3.8) is 0 Å². The number of hydrogen-bond acceptors (Lipinski definition) is 4. The highest BCUT2D eigenvalue weighted by atomic mass is 35.5. The number of nitrogen functional groups attached to an aromatic ring is 1. The maximum absolute atomic E-state index is 11.8. The van der Waals surface area contributed by atoms with Crippen LogP contribution in [0.25, 0.3) is 0 Å². The molecule has 1 rings (SSSR count). The fraction of sp³-hybridized carbons (Fsp3) is 0.467. The summed E-state index contributed by atoms with van der Waals surface area (Å²) in [7, 11) is 1.53. The Labute approximate surface area is 137 Å². The van der Waals surface area contributed by atoms with Crippen LogP contribution in [0.15, 0.2) is 18.2 Å². The van der Waals surface area contributed by atoms with E-state index in [9.17, 15) is 9.59 Å². The van der Waals surface area contributed by atoms with Crippen LogP contribution in [-0.2, 0) is 9.59 Å². The molecular formula is C15H24ClN3O3. The van der Waals surface area contributed by atoms with E-state index >= 15 is 0 Å². The van der Waals surface area contributed by atoms with Crippen LogP contribution in [0.3, 0.4) is 0 Å². The lowest BCUT2D eigenvalue weighted by molar-refractivity contribution is -0.124. The number of carbonyl (C=O) groups is 2. The van der Waals surface area contributed by atoms with Gasteiger partial charge in [0, 0.05) is 12.5 Å². The molecular weight excluding hydrogens is 306 g/mol. The molecule has 0 radical (unpaired) electrons. The van der Waals surface area contributed by atoms with Crippen LogP contribution in [0.1, 0.15) is 26.7 Å². The molecule has 2 amide bonds. The Balaban J connectivity index is 0.00000441. The standard InChI is InChI=1S/C15H23N3O3.ClH/c1-10(2)4-7-14(19)17-9-15(20)18-13-8-11(21-3)5-6-12(13)16;/h5-6,8,10H,4,7,9,16H2,1-3H3,(H,17,19)(H,18,20);1H. The highest BCUT2D eigenvalue weighted by Crippen LogP contribution is 2.24. The molecule has 0 saturated heterocycles. The van der Waals surface area contributed by atoms with Gasteiger partial charge in [-0.05, 0) is 24.5 Å². The average Bonchev–Trinajstić information content (AvgIpc) is 2.45. The average molecular weight is 330 g/mol. The first-order valence-electron chi connectivity index (χ1n) is 6.92. The normalized spacial score (nSPS) is 9.82. The summed E-state index contributed by atoms with van der Waals surface area (Å²) in [4.78, 5) is 23.3. The number of halogens is 1. The molecule has 0 aromatic heterocycles. The van der Waals surface area contributed by atoms with Gasteiger partial charge in [-0.15, -0.1) is 12.4 Å². The van der Waals surface area contributed by atoms with Gasteiger partial charge in [-0.1, -0.05) is 13.8 Å². The molecule has 0 aliphatic rings. The fourth-order valence-electron chi connectivity index (χ4n) is 1.65. The van der Waals surface area contributed by atoms with Crippen molar-refractivity contribution in [3.8, 4) is 5.75 Å². The highest BCUT2D eigenvalue weighted by molar-refractivity contribution is 5.97. The van der Waals surface area contributed by atoms with Gasteiger partial charge in [-0.3, -0.25) is 9.59 Å². The first kappa shape index (κ1) is 20.1. The van der Waals surface area contributed by atoms with E-state index in [-0.39, 0.29) is 30.8 Å². The van der Waals surface area contributed by atoms with Crippen molar-refractivity contribution in [1.29, 1.82) is 0 Å². The quantitative estimate of drug-likeness (QED) is 0.668. The minimum absolute atomic E-state index is 0. The second kappa shape index (κ2) is 9.89. The number of amides is 2. The van der Waals surface area contributed by atoms with Gasteiger partial charge in [0.05, 0.1) is 25.0 Å². The molecule has 0 aliphatic carbocycles. The van der Waals surface area contributed by atoms with Crippen molar-refractivity contribution in [2.45, 2.75) is 26.7 Å². The Morgan fingerprint density at radius 2 is 1.95 bits per heavy atom. The van der Waals surface area contributed by atoms with Gasteiger partial charge in [0.1, 0.15) is 5.75 Å². The molecule has 0 atom stereocenters. The van der Waals surface area contributed by atoms with E-state index in [1.165, 1.54) is 7.11 Å². The van der Waals surface area contributed by atoms with Crippen molar-refractivity contribution >= 4 is 35.6 Å². The van der Waals surface area contributed by atoms with Gasteiger partial charge < -0.3 is 21.1 Å². The van der Waals surface area contributed by atoms with E-state index in [1.807, 2.05) is 13.8 Å². The zero-order chi connectivity index (χ0) is 15.8. The van der Waals surface area contributed by atoms with Gasteiger partial charge in [0.25, 0.3) is 0 Å². The summed E-state index contributed by atoms with van der Waals surface area (Å²) in [5.41, 5.74) is 6.68. The molecule has 0 saturated carbocycles. The Kier molecular flexibility index (Phi) is 9.01. The number of nitrogens with two attached hydrogens (primary N) is 1. The smallest absolute Gasteiger partial charge is 0.243 e. The lowest BCUT2D eigenvalue weighted by atomic mass is 10.1. The molecule has 0 bridgehead atoms. The van der Waals surface area contributed by atoms with E-state index in [0.717, 1.165) is 6.42 Å². The summed E-state index contributed by atoms with van der Waals surface area (Å²) in [6.07, 6.45) is 1.22. The molecule has 0 aliphatic heterocycles. The maximum Gasteiger partial charge on any atom is 0.243 e. The van der Waals surface area contributed by atoms with Gasteiger partial charge in [0.2, 0.25) is 11.8 Å². The maximum atomic E-state index is 11.8. The number of hydrogen-bond donors (Lipinski definition) is 3. The van der Waals surface area contributed by atoms with Crippen molar-refractivity contribution in [3.05, 3.63) is 18.2 Å². The molecule has 6 nitrogen and oxygen atoms in total. The number of ether oxygens (including phenoxy) is 1. The Hall–Kier alpha value is -1.95. The van der Waals surface area contributed by atoms with Crippen LogP contribution in [0, 0.1) is 5.92 Å². The molecule has 1 aromatic carbocycles. The number of nitrogens with one attached hydrogen (secondary N) is 2. The molecule has 0 heterocycles. The number of carbonyl (C=O) groups excluding carboxylic acids is 2. The number of rotatable bonds is 7. The Bertz CT molecular complexity index is 507. The van der Waals surface area contributed by atoms with E-state index in [0.29, 0.717) is 29.5 Å². The molecule has 1 aromatic rings. The first-order chi connectivity index (χ1) is 9.92. The van der Waals surface area contributed by atoms with E-state index in [1.54, 1.807) is 18.2 Å². The summed E-state index contributed by atoms with van der Waals surface area (Å²) < 4.78 is 5.07. The number of anilines is 2. The second-order valence-corrected chi connectivity index (χ2v) is 5.21. The van der Waals surface area contributed by atoms with Crippen LogP contribution in [0.4, 0.5) is 11.4 Å². The van der Waals surface area contributed by atoms with Gasteiger partial charge >= 0.3 is 0 Å². The van der Waals surface area contributed by atoms with Crippen LogP contribution in [0.5, 0.6) is 5.75 Å². The molecule has 0 spiro atoms. The monoisotopic (exact) mass is 329 g/mol. The highest BCUT2D eigenvalue weighted by Gasteiger charge is 2.09. The fourth-order valence-corrected chi connectivity index (χ4v) is 1.65. The zero-order valence-electron chi connectivity index (χ0n) is 13.1. The zero-order valence-corrected chi connectivity index (χ0v) is 14.0. The van der Waals surface area contributed by atoms with Crippen LogP contribution in [0.2, 0.25) is 0 Å². The number of benzene rings is 1. The Morgan fingerprint density at radius 3 is 2.55 bits per heavy atom. The molecule has 7 heteroatoms. The van der Waals surface area contributed by atoms with Gasteiger partial charge in [-0.25, -0.2) is 0 Å². The summed E-state index contributed by atoms with van der Waals surface area (Å²) in [6.45, 7) is 4.02. The third-order valence-electron chi connectivity index (χ3n) is 2.93. The van der Waals surface area contributed by atoms with Crippen molar-refractivity contribution in [1.82, 2.24) is 5.32 Å². The van der Waals surface area contributed by atoms with Crippen LogP contribution < -0.4 is 21.1 Å². The van der Waals surface area contributed by atoms with Crippen molar-refractivity contribution in [2.75, 3.05) is 24.7 Å². The third kappa shape index (κ3) is 7.17. The van der Waals surface area contributed by atoms with Crippen molar-refractivity contribution < 1.29 is 14.3 Å². The van der Waals surface area contributed by atoms with Crippen LogP contribution >= 0.6 is 12.4 Å². The predicted molar refractivity (Wildman–Crippen MR) is 90.4 cm³/mol. The SMILES string of the molecule is COc1ccc(N)c(NC(=O)CNC(=O)CCC(C)C)c1.Cl. The molecule has 4 N–H and O–H groups in total. The van der Waals surface area contributed by atoms with Crippen molar-refractivity contribution in [2.24, 2.45) is 5.92 Å². The van der Waals surface area contributed by atoms with Gasteiger partial charge in [0.15, 0.2) is 0 Å². The lowest BCUT2D eigenvalue weighted by Crippen LogP contribution is -2.33. The third-order valence-corrected chi connectivity index (χ3v) is 2.93. The second-order valence-electron chi connectivity index (χ2n) is 5.21. The molecule has 22 heavy (non-hydrogen) atoms. The summed E-state index contributed by atoms with van der Waals surface area (Å²) >= 11 is 0. The van der Waals surface area contributed by atoms with E-state index < -0.39 is 0 Å². The van der Waals surface area contributed by atoms with E-state index in [4.69, 9.17) is 10.5 Å². The number of methoxy groups -OCH3 is 1. The molecule has 0 unspecified atom stereocenters. The summed E-state index contributed by atoms with van der Waals surface area (Å²) in [5, 5.41) is 5.23. The topological polar surface area (TPSA) is 93.4 Å². The minimum Gasteiger partial charge on any atom is -0.497 e. The van der Waals surface area contributed by atoms with Crippen LogP contribution in [-0.4, -0.2) is 25.5 Å². The lowest BCUT2D eigenvalue weighted by Gasteiger charge is -2.11. The molecule has 124 valence electrons. The van der Waals surface area contributed by atoms with E-state index in [2.05, 4.69) is 10.6 Å². The minimum atomic E-state index is -0.326. The summed E-state index contributed by atoms with van der Waals surface area (Å²) in [5.74, 6) is 0.604. The first-order valence-corrected chi connectivity index (χ1v) is 6.92. The summed E-state index contributed by atoms with van der Waals surface area (Å²) in [6, 6.07) is 4.99. The van der Waals surface area contributed by atoms with Gasteiger partial charge in [-0.2, -0.15) is 0 Å². The largest absolute Gasteiger partial charge is 0.497 e. The Morgan fingerprint density at radius 1 is 1.27 bits per heavy atom. The predicted octanol–water partition coefficient (Wildman–Crippen LogP) is 2.19. The molecule has 0 fully saturated rings.